The molecule has 2 aromatic rings. The molecule has 3 rings (SSSR count). The number of carbonyl (C=O) groups is 2. The molecule has 0 aliphatic carbocycles. The highest BCUT2D eigenvalue weighted by molar-refractivity contribution is 6.20. The molecule has 0 spiro atoms. The predicted octanol–water partition coefficient (Wildman–Crippen LogP) is 2.33. The highest BCUT2D eigenvalue weighted by Crippen LogP contribution is 2.15. The first-order chi connectivity index (χ1) is 12.5. The summed E-state index contributed by atoms with van der Waals surface area (Å²) >= 11 is 0. The minimum atomic E-state index is -0.994. The predicted molar refractivity (Wildman–Crippen MR) is 97.1 cm³/mol. The maximum absolute atomic E-state index is 11.0. The quantitative estimate of drug-likeness (QED) is 0.711. The topological polar surface area (TPSA) is 126 Å². The van der Waals surface area contributed by atoms with Crippen molar-refractivity contribution in [2.45, 2.75) is 19.4 Å². The van der Waals surface area contributed by atoms with Gasteiger partial charge in [0.25, 0.3) is 0 Å². The Morgan fingerprint density at radius 1 is 1.00 bits per heavy atom. The monoisotopic (exact) mass is 353 g/mol. The molecule has 2 aromatic carbocycles. The van der Waals surface area contributed by atoms with Gasteiger partial charge in [0.15, 0.2) is 5.84 Å². The number of amidine groups is 2. The number of aliphatic imine (C=N–C) groups is 1. The van der Waals surface area contributed by atoms with Gasteiger partial charge in [-0.3, -0.25) is 15.0 Å². The lowest BCUT2D eigenvalue weighted by atomic mass is 10.1. The molecule has 0 amide bonds. The van der Waals surface area contributed by atoms with Crippen LogP contribution in [0, 0.1) is 5.41 Å². The third kappa shape index (κ3) is 5.55. The Kier molecular flexibility index (Phi) is 6.61. The molecule has 0 saturated carbocycles. The van der Waals surface area contributed by atoms with E-state index in [0.29, 0.717) is 5.84 Å². The lowest BCUT2D eigenvalue weighted by Gasteiger charge is -2.03. The molecule has 7 nitrogen and oxygen atoms in total. The number of rotatable bonds is 5. The largest absolute Gasteiger partial charge is 0.481 e. The highest BCUT2D eigenvalue weighted by atomic mass is 16.5. The van der Waals surface area contributed by atoms with Gasteiger partial charge in [0, 0.05) is 11.1 Å². The normalized spacial score (nSPS) is 11.7. The highest BCUT2D eigenvalue weighted by Gasteiger charge is 2.16. The van der Waals surface area contributed by atoms with Gasteiger partial charge in [-0.05, 0) is 5.56 Å². The molecular weight excluding hydrogens is 334 g/mol. The second kappa shape index (κ2) is 9.12. The molecule has 1 aliphatic heterocycles. The van der Waals surface area contributed by atoms with Crippen molar-refractivity contribution in [1.29, 1.82) is 5.41 Å². The minimum Gasteiger partial charge on any atom is -0.481 e. The fraction of sp³-hybridized carbons (Fsp3) is 0.158. The van der Waals surface area contributed by atoms with E-state index >= 15 is 0 Å². The second-order valence-corrected chi connectivity index (χ2v) is 5.43. The first-order valence-electron chi connectivity index (χ1n) is 7.91. The van der Waals surface area contributed by atoms with Gasteiger partial charge in [0.2, 0.25) is 0 Å². The number of carboxylic acid groups (broad SMARTS) is 1. The Morgan fingerprint density at radius 2 is 1.62 bits per heavy atom. The van der Waals surface area contributed by atoms with Crippen LogP contribution >= 0.6 is 0 Å². The first kappa shape index (κ1) is 18.9. The SMILES string of the molecule is N=C1N=C(N)c2ccccc21.O=C(O)CCC(=O)OCc1ccccc1. The number of ether oxygens (including phenoxy) is 1. The molecule has 134 valence electrons. The van der Waals surface area contributed by atoms with Gasteiger partial charge in [0.05, 0.1) is 12.8 Å². The van der Waals surface area contributed by atoms with Crippen molar-refractivity contribution >= 4 is 23.6 Å². The molecule has 0 fully saturated rings. The fourth-order valence-electron chi connectivity index (χ4n) is 2.17. The van der Waals surface area contributed by atoms with E-state index in [1.54, 1.807) is 0 Å². The molecule has 0 atom stereocenters. The summed E-state index contributed by atoms with van der Waals surface area (Å²) in [5.41, 5.74) is 8.13. The van der Waals surface area contributed by atoms with Gasteiger partial charge in [-0.1, -0.05) is 54.6 Å². The molecule has 0 unspecified atom stereocenters. The molecule has 0 saturated heterocycles. The molecule has 26 heavy (non-hydrogen) atoms. The van der Waals surface area contributed by atoms with Gasteiger partial charge < -0.3 is 15.6 Å². The van der Waals surface area contributed by atoms with E-state index in [1.807, 2.05) is 54.6 Å². The zero-order valence-corrected chi connectivity index (χ0v) is 14.0. The molecular formula is C19H19N3O4. The van der Waals surface area contributed by atoms with Gasteiger partial charge >= 0.3 is 11.9 Å². The number of benzene rings is 2. The van der Waals surface area contributed by atoms with Crippen molar-refractivity contribution in [3.63, 3.8) is 0 Å². The lowest BCUT2D eigenvalue weighted by Crippen LogP contribution is -2.09. The van der Waals surface area contributed by atoms with E-state index in [9.17, 15) is 9.59 Å². The maximum atomic E-state index is 11.0. The van der Waals surface area contributed by atoms with Crippen molar-refractivity contribution < 1.29 is 19.4 Å². The average Bonchev–Trinajstić information content (AvgIpc) is 2.94. The van der Waals surface area contributed by atoms with E-state index in [2.05, 4.69) is 4.99 Å². The number of esters is 1. The number of hydrogen-bond donors (Lipinski definition) is 3. The van der Waals surface area contributed by atoms with Crippen LogP contribution in [0.4, 0.5) is 0 Å². The summed E-state index contributed by atoms with van der Waals surface area (Å²) in [6.07, 6.45) is -0.268. The van der Waals surface area contributed by atoms with Crippen LogP contribution in [-0.2, 0) is 20.9 Å². The smallest absolute Gasteiger partial charge is 0.306 e. The van der Waals surface area contributed by atoms with Crippen LogP contribution in [0.15, 0.2) is 59.6 Å². The average molecular weight is 353 g/mol. The first-order valence-corrected chi connectivity index (χ1v) is 7.91. The standard InChI is InChI=1S/C11H12O4.C8H7N3/c12-10(13)6-7-11(14)15-8-9-4-2-1-3-5-9;9-7-5-3-1-2-4-6(5)8(10)11-7/h1-5H,6-8H2,(H,12,13);1-4H,(H3,9,10,11). The van der Waals surface area contributed by atoms with Gasteiger partial charge in [-0.15, -0.1) is 0 Å². The minimum absolute atomic E-state index is 0.0812. The fourth-order valence-corrected chi connectivity index (χ4v) is 2.17. The Hall–Kier alpha value is -3.48. The van der Waals surface area contributed by atoms with Crippen molar-refractivity contribution in [1.82, 2.24) is 0 Å². The summed E-state index contributed by atoms with van der Waals surface area (Å²) in [5, 5.41) is 15.7. The molecule has 4 N–H and O–H groups in total. The number of carbonyl (C=O) groups excluding carboxylic acids is 1. The number of carboxylic acids is 1. The number of nitrogens with two attached hydrogens (primary N) is 1. The Morgan fingerprint density at radius 3 is 2.23 bits per heavy atom. The van der Waals surface area contributed by atoms with Crippen LogP contribution in [-0.4, -0.2) is 28.7 Å². The van der Waals surface area contributed by atoms with Crippen LogP contribution in [0.1, 0.15) is 29.5 Å². The Bertz CT molecular complexity index is 832. The Balaban J connectivity index is 0.000000195. The summed E-state index contributed by atoms with van der Waals surface area (Å²) in [7, 11) is 0. The summed E-state index contributed by atoms with van der Waals surface area (Å²) < 4.78 is 4.88. The van der Waals surface area contributed by atoms with Crippen LogP contribution in [0.5, 0.6) is 0 Å². The summed E-state index contributed by atoms with van der Waals surface area (Å²) in [6, 6.07) is 16.7. The third-order valence-electron chi connectivity index (χ3n) is 3.48. The molecule has 1 heterocycles. The maximum Gasteiger partial charge on any atom is 0.306 e. The number of nitrogens with one attached hydrogen (secondary N) is 1. The third-order valence-corrected chi connectivity index (χ3v) is 3.48. The zero-order valence-electron chi connectivity index (χ0n) is 14.0. The van der Waals surface area contributed by atoms with E-state index in [0.717, 1.165) is 16.7 Å². The van der Waals surface area contributed by atoms with Crippen LogP contribution in [0.3, 0.4) is 0 Å². The summed E-state index contributed by atoms with van der Waals surface area (Å²) in [5.74, 6) is -0.767. The van der Waals surface area contributed by atoms with Crippen molar-refractivity contribution in [3.8, 4) is 0 Å². The van der Waals surface area contributed by atoms with Crippen molar-refractivity contribution in [2.24, 2.45) is 10.7 Å². The van der Waals surface area contributed by atoms with Crippen LogP contribution in [0.2, 0.25) is 0 Å². The van der Waals surface area contributed by atoms with Crippen LogP contribution < -0.4 is 5.73 Å². The number of nitrogens with zero attached hydrogens (tertiary/aromatic N) is 1. The molecule has 0 radical (unpaired) electrons. The molecule has 7 heteroatoms. The van der Waals surface area contributed by atoms with Crippen molar-refractivity contribution in [2.75, 3.05) is 0 Å². The van der Waals surface area contributed by atoms with Crippen LogP contribution in [0.25, 0.3) is 0 Å². The van der Waals surface area contributed by atoms with E-state index in [-0.39, 0.29) is 25.3 Å². The zero-order chi connectivity index (χ0) is 18.9. The van der Waals surface area contributed by atoms with Gasteiger partial charge in [-0.2, -0.15) is 0 Å². The summed E-state index contributed by atoms with van der Waals surface area (Å²) in [6.45, 7) is 0.194. The summed E-state index contributed by atoms with van der Waals surface area (Å²) in [4.78, 5) is 25.0. The molecule has 1 aliphatic rings. The van der Waals surface area contributed by atoms with Gasteiger partial charge in [-0.25, -0.2) is 4.99 Å². The van der Waals surface area contributed by atoms with E-state index in [1.165, 1.54) is 0 Å². The molecule has 0 bridgehead atoms. The Labute approximate surface area is 150 Å². The number of hydrogen-bond acceptors (Lipinski definition) is 5. The molecule has 0 aromatic heterocycles. The number of aliphatic carboxylic acids is 1. The van der Waals surface area contributed by atoms with E-state index in [4.69, 9.17) is 21.0 Å². The van der Waals surface area contributed by atoms with E-state index < -0.39 is 11.9 Å². The number of fused-ring (bicyclic) bond motifs is 1. The second-order valence-electron chi connectivity index (χ2n) is 5.43. The lowest BCUT2D eigenvalue weighted by molar-refractivity contribution is -0.148. The van der Waals surface area contributed by atoms with Gasteiger partial charge in [0.1, 0.15) is 12.4 Å². The van der Waals surface area contributed by atoms with Crippen molar-refractivity contribution in [3.05, 3.63) is 71.3 Å².